The van der Waals surface area contributed by atoms with E-state index in [1.54, 1.807) is 65.9 Å². The van der Waals surface area contributed by atoms with Gasteiger partial charge in [-0.2, -0.15) is 0 Å². The molecule has 1 saturated carbocycles. The largest absolute Gasteiger partial charge is 0.495 e. The molecule has 21 heteroatoms. The fourth-order valence-electron chi connectivity index (χ4n) is 10.0. The Kier molecular flexibility index (Phi) is 15.0. The number of hydrogen-bond donors (Lipinski definition) is 5. The highest BCUT2D eigenvalue weighted by molar-refractivity contribution is 7.13. The molecule has 5 amide bonds. The summed E-state index contributed by atoms with van der Waals surface area (Å²) < 4.78 is 27.3. The number of β-amino-alcohol motifs (C(OH)–C–C–N with tert-alkyl or cyclic N) is 1. The number of anilines is 3. The number of aliphatic hydroxyl groups excluding tert-OH is 1. The van der Waals surface area contributed by atoms with Crippen LogP contribution in [0.1, 0.15) is 80.7 Å². The topological polar surface area (TPSA) is 235 Å². The number of likely N-dealkylation sites (tertiary alicyclic amines) is 1. The zero-order valence-corrected chi connectivity index (χ0v) is 44.6. The number of methoxy groups -OCH3 is 1. The van der Waals surface area contributed by atoms with Crippen LogP contribution in [0.4, 0.5) is 21.5 Å². The third-order valence-electron chi connectivity index (χ3n) is 14.7. The Hall–Kier alpha value is -8.30. The van der Waals surface area contributed by atoms with Crippen molar-refractivity contribution < 1.29 is 42.9 Å². The van der Waals surface area contributed by atoms with Crippen LogP contribution in [0.25, 0.3) is 21.3 Å². The summed E-state index contributed by atoms with van der Waals surface area (Å²) in [5.41, 5.74) is 5.18. The van der Waals surface area contributed by atoms with Gasteiger partial charge >= 0.3 is 0 Å². The Morgan fingerprint density at radius 1 is 0.885 bits per heavy atom. The number of nitrogens with one attached hydrogen (secondary N) is 4. The molecule has 19 nitrogen and oxygen atoms in total. The van der Waals surface area contributed by atoms with E-state index >= 15 is 0 Å². The monoisotopic (exact) mass is 1080 g/mol. The SMILES string of the molecule is COc1cc2c(Oc3ccc(NC(=O)C4(C(=O)Nc5ccc(F)cc5)CC4)cc3)ccnc2cc1N1CCC(n2cc(C(=O)N[C@H](C(=O)N3C[C@H](O)C[C@H]3C(=O)NCc3ccc(-c4scnc4C)cc3)C(C)(C)C)nn2)CC1. The lowest BCUT2D eigenvalue weighted by molar-refractivity contribution is -0.142. The van der Waals surface area contributed by atoms with Crippen LogP contribution in [0, 0.1) is 23.6 Å². The summed E-state index contributed by atoms with van der Waals surface area (Å²) in [7, 11) is 1.61. The molecule has 78 heavy (non-hydrogen) atoms. The fraction of sp³-hybridized carbons (Fsp3) is 0.351. The van der Waals surface area contributed by atoms with Crippen molar-refractivity contribution in [3.63, 3.8) is 0 Å². The quantitative estimate of drug-likeness (QED) is 0.0582. The van der Waals surface area contributed by atoms with E-state index in [1.165, 1.54) is 29.2 Å². The standard InChI is InChI=1S/C57H60FN11O8S/c1-33-49(78-32-61-33)35-8-6-34(7-9-35)29-60-52(72)46-26-40(70)30-68(46)53(73)50(56(2,3)4)64-51(71)44-31-69(66-65-44)39-19-24-67(25-20-39)45-28-43-42(27-48(45)76-5)47(18-23-59-43)77-41-16-14-38(15-17-41)63-55(75)57(21-22-57)54(74)62-37-12-10-36(58)11-13-37/h6-18,23,27-28,31-32,39-40,46,50,70H,19-22,24-26,29-30H2,1-5H3,(H,60,72)(H,62,74)(H,63,75)(H,64,71)/t40-,46+,50-/m1/s1. The van der Waals surface area contributed by atoms with E-state index in [9.17, 15) is 33.5 Å². The second-order valence-corrected chi connectivity index (χ2v) is 22.0. The molecule has 404 valence electrons. The average molecular weight is 1080 g/mol. The molecule has 0 unspecified atom stereocenters. The highest BCUT2D eigenvalue weighted by Gasteiger charge is 2.56. The van der Waals surface area contributed by atoms with E-state index in [0.29, 0.717) is 72.9 Å². The molecule has 10 rings (SSSR count). The van der Waals surface area contributed by atoms with Gasteiger partial charge in [0, 0.05) is 55.6 Å². The Morgan fingerprint density at radius 3 is 2.19 bits per heavy atom. The maximum absolute atomic E-state index is 14.3. The van der Waals surface area contributed by atoms with Crippen molar-refractivity contribution in [1.82, 2.24) is 40.5 Å². The Morgan fingerprint density at radius 2 is 1.56 bits per heavy atom. The molecule has 3 aromatic heterocycles. The number of ether oxygens (including phenoxy) is 2. The van der Waals surface area contributed by atoms with Gasteiger partial charge in [0.05, 0.1) is 52.7 Å². The number of pyridine rings is 1. The number of thiazole rings is 1. The number of hydrogen-bond acceptors (Lipinski definition) is 14. The minimum Gasteiger partial charge on any atom is -0.495 e. The van der Waals surface area contributed by atoms with E-state index in [0.717, 1.165) is 32.8 Å². The van der Waals surface area contributed by atoms with Gasteiger partial charge in [-0.15, -0.1) is 16.4 Å². The van der Waals surface area contributed by atoms with Gasteiger partial charge in [-0.25, -0.2) is 14.1 Å². The number of aromatic nitrogens is 5. The van der Waals surface area contributed by atoms with E-state index < -0.39 is 64.4 Å². The number of aryl methyl sites for hydroxylation is 1. The van der Waals surface area contributed by atoms with E-state index in [1.807, 2.05) is 69.6 Å². The molecular weight excluding hydrogens is 1020 g/mol. The molecule has 4 aromatic carbocycles. The van der Waals surface area contributed by atoms with E-state index in [-0.39, 0.29) is 31.2 Å². The molecule has 5 N–H and O–H groups in total. The normalized spacial score (nSPS) is 17.5. The van der Waals surface area contributed by atoms with Crippen LogP contribution in [-0.4, -0.2) is 109 Å². The van der Waals surface area contributed by atoms with Crippen LogP contribution in [-0.2, 0) is 25.7 Å². The minimum atomic E-state index is -1.20. The van der Waals surface area contributed by atoms with Gasteiger partial charge in [-0.1, -0.05) is 50.3 Å². The van der Waals surface area contributed by atoms with Crippen molar-refractivity contribution in [3.8, 4) is 27.7 Å². The number of amides is 5. The summed E-state index contributed by atoms with van der Waals surface area (Å²) in [4.78, 5) is 81.8. The first-order valence-corrected chi connectivity index (χ1v) is 26.7. The lowest BCUT2D eigenvalue weighted by Crippen LogP contribution is -2.57. The molecule has 1 aliphatic carbocycles. The van der Waals surface area contributed by atoms with Crippen LogP contribution in [0.5, 0.6) is 17.2 Å². The van der Waals surface area contributed by atoms with Gasteiger partial charge < -0.3 is 45.6 Å². The molecule has 2 saturated heterocycles. The summed E-state index contributed by atoms with van der Waals surface area (Å²) in [6.07, 6.45) is 4.56. The molecule has 2 aliphatic heterocycles. The molecule has 0 bridgehead atoms. The zero-order valence-electron chi connectivity index (χ0n) is 43.8. The molecule has 0 radical (unpaired) electrons. The average Bonchev–Trinajstić information content (AvgIpc) is 3.84. The third-order valence-corrected chi connectivity index (χ3v) is 15.6. The predicted molar refractivity (Wildman–Crippen MR) is 292 cm³/mol. The number of halogens is 1. The van der Waals surface area contributed by atoms with Gasteiger partial charge in [0.25, 0.3) is 5.91 Å². The summed E-state index contributed by atoms with van der Waals surface area (Å²) >= 11 is 1.56. The first kappa shape index (κ1) is 53.1. The number of carbonyl (C=O) groups is 5. The first-order chi connectivity index (χ1) is 37.5. The van der Waals surface area contributed by atoms with Crippen molar-refractivity contribution in [2.45, 2.75) is 90.6 Å². The second kappa shape index (κ2) is 22.0. The minimum absolute atomic E-state index is 0.0445. The number of carbonyl (C=O) groups excluding carboxylic acids is 5. The molecule has 0 spiro atoms. The Bertz CT molecular complexity index is 3370. The summed E-state index contributed by atoms with van der Waals surface area (Å²) in [5, 5.41) is 31.4. The van der Waals surface area contributed by atoms with E-state index in [4.69, 9.17) is 9.47 Å². The van der Waals surface area contributed by atoms with Crippen LogP contribution < -0.4 is 35.6 Å². The van der Waals surface area contributed by atoms with Crippen LogP contribution in [0.3, 0.4) is 0 Å². The van der Waals surface area contributed by atoms with Crippen molar-refractivity contribution in [3.05, 3.63) is 132 Å². The van der Waals surface area contributed by atoms with Crippen LogP contribution in [0.2, 0.25) is 0 Å². The smallest absolute Gasteiger partial charge is 0.274 e. The highest BCUT2D eigenvalue weighted by Crippen LogP contribution is 2.48. The maximum atomic E-state index is 14.3. The van der Waals surface area contributed by atoms with Crippen molar-refractivity contribution in [2.75, 3.05) is 42.3 Å². The number of aliphatic hydroxyl groups is 1. The number of piperidine rings is 1. The van der Waals surface area contributed by atoms with Crippen molar-refractivity contribution >= 4 is 68.8 Å². The van der Waals surface area contributed by atoms with Gasteiger partial charge in [0.15, 0.2) is 5.69 Å². The molecule has 3 aliphatic rings. The fourth-order valence-corrected chi connectivity index (χ4v) is 10.8. The van der Waals surface area contributed by atoms with E-state index in [2.05, 4.69) is 46.4 Å². The van der Waals surface area contributed by atoms with Gasteiger partial charge in [0.2, 0.25) is 23.6 Å². The Labute approximate surface area is 453 Å². The van der Waals surface area contributed by atoms with Gasteiger partial charge in [0.1, 0.15) is 40.6 Å². The van der Waals surface area contributed by atoms with Crippen LogP contribution >= 0.6 is 11.3 Å². The summed E-state index contributed by atoms with van der Waals surface area (Å²) in [5.74, 6) is -1.08. The molecular formula is C57H60FN11O8S. The zero-order chi connectivity index (χ0) is 54.9. The molecule has 7 aromatic rings. The summed E-state index contributed by atoms with van der Waals surface area (Å²) in [6, 6.07) is 23.6. The second-order valence-electron chi connectivity index (χ2n) is 21.1. The number of fused-ring (bicyclic) bond motifs is 1. The number of nitrogens with zero attached hydrogens (tertiary/aromatic N) is 7. The predicted octanol–water partition coefficient (Wildman–Crippen LogP) is 7.82. The lowest BCUT2D eigenvalue weighted by Gasteiger charge is -2.35. The first-order valence-electron chi connectivity index (χ1n) is 25.8. The van der Waals surface area contributed by atoms with Gasteiger partial charge in [-0.05, 0) is 116 Å². The maximum Gasteiger partial charge on any atom is 0.274 e. The molecule has 3 fully saturated rings. The Balaban J connectivity index is 0.734. The van der Waals surface area contributed by atoms with Crippen molar-refractivity contribution in [2.24, 2.45) is 10.8 Å². The highest BCUT2D eigenvalue weighted by atomic mass is 32.1. The molecule has 3 atom stereocenters. The van der Waals surface area contributed by atoms with Crippen molar-refractivity contribution in [1.29, 1.82) is 0 Å². The van der Waals surface area contributed by atoms with Gasteiger partial charge in [-0.3, -0.25) is 29.0 Å². The lowest BCUT2D eigenvalue weighted by atomic mass is 9.85. The third kappa shape index (κ3) is 11.4. The molecule has 5 heterocycles. The number of benzene rings is 4. The number of rotatable bonds is 16. The van der Waals surface area contributed by atoms with Crippen LogP contribution in [0.15, 0.2) is 109 Å². The summed E-state index contributed by atoms with van der Waals surface area (Å²) in [6.45, 7) is 8.88.